The minimum Gasteiger partial charge on any atom is -0.502 e. The Kier molecular flexibility index (Phi) is 4.77. The van der Waals surface area contributed by atoms with E-state index < -0.39 is 11.2 Å². The molecule has 0 unspecified atom stereocenters. The number of carbonyl (C=O) groups excluding carboxylic acids is 1. The summed E-state index contributed by atoms with van der Waals surface area (Å²) in [5, 5.41) is 12.7. The molecule has 158 valence electrons. The SMILES string of the molecule is CN1C(=O)c2c(O)c(=O)ccn2N2[C@H](c3ccccc3)c3ccccc3CCCC[C@@H]12. The maximum Gasteiger partial charge on any atom is 0.277 e. The molecule has 0 radical (unpaired) electrons. The lowest BCUT2D eigenvalue weighted by Crippen LogP contribution is -2.61. The van der Waals surface area contributed by atoms with Crippen molar-refractivity contribution in [1.82, 2.24) is 9.58 Å². The molecule has 0 bridgehead atoms. The van der Waals surface area contributed by atoms with Crippen LogP contribution >= 0.6 is 0 Å². The van der Waals surface area contributed by atoms with Crippen molar-refractivity contribution >= 4 is 5.91 Å². The third-order valence-corrected chi connectivity index (χ3v) is 6.47. The van der Waals surface area contributed by atoms with Crippen molar-refractivity contribution in [2.24, 2.45) is 0 Å². The molecule has 0 spiro atoms. The number of fused-ring (bicyclic) bond motifs is 4. The maximum atomic E-state index is 13.2. The van der Waals surface area contributed by atoms with Crippen LogP contribution in [0.2, 0.25) is 0 Å². The van der Waals surface area contributed by atoms with Crippen LogP contribution in [-0.4, -0.2) is 33.8 Å². The van der Waals surface area contributed by atoms with E-state index >= 15 is 0 Å². The molecule has 2 aromatic carbocycles. The van der Waals surface area contributed by atoms with Gasteiger partial charge in [0.2, 0.25) is 5.43 Å². The van der Waals surface area contributed by atoms with Crippen molar-refractivity contribution in [2.45, 2.75) is 37.9 Å². The Bertz CT molecular complexity index is 1190. The van der Waals surface area contributed by atoms with Crippen molar-refractivity contribution in [3.05, 3.63) is 99.5 Å². The first-order valence-corrected chi connectivity index (χ1v) is 10.7. The molecule has 3 heterocycles. The van der Waals surface area contributed by atoms with Crippen LogP contribution in [0, 0.1) is 0 Å². The van der Waals surface area contributed by atoms with Gasteiger partial charge in [-0.2, -0.15) is 0 Å². The van der Waals surface area contributed by atoms with E-state index in [1.165, 1.54) is 17.2 Å². The lowest BCUT2D eigenvalue weighted by molar-refractivity contribution is 0.0604. The largest absolute Gasteiger partial charge is 0.502 e. The number of amides is 1. The Morgan fingerprint density at radius 3 is 2.48 bits per heavy atom. The van der Waals surface area contributed by atoms with Crippen molar-refractivity contribution in [3.63, 3.8) is 0 Å². The van der Waals surface area contributed by atoms with Gasteiger partial charge in [-0.05, 0) is 42.4 Å². The first-order valence-electron chi connectivity index (χ1n) is 10.7. The topological polar surface area (TPSA) is 65.8 Å². The number of aromatic hydroxyl groups is 1. The van der Waals surface area contributed by atoms with E-state index in [0.29, 0.717) is 0 Å². The number of hydrogen-bond donors (Lipinski definition) is 1. The monoisotopic (exact) mass is 415 g/mol. The Balaban J connectivity index is 1.83. The fourth-order valence-corrected chi connectivity index (χ4v) is 4.94. The van der Waals surface area contributed by atoms with Gasteiger partial charge in [-0.1, -0.05) is 54.6 Å². The summed E-state index contributed by atoms with van der Waals surface area (Å²) in [5.74, 6) is -0.839. The molecule has 2 aliphatic heterocycles. The molecule has 31 heavy (non-hydrogen) atoms. The van der Waals surface area contributed by atoms with Crippen LogP contribution in [0.5, 0.6) is 5.75 Å². The van der Waals surface area contributed by atoms with Gasteiger partial charge in [-0.15, -0.1) is 0 Å². The van der Waals surface area contributed by atoms with Crippen LogP contribution < -0.4 is 10.4 Å². The summed E-state index contributed by atoms with van der Waals surface area (Å²) in [5.41, 5.74) is 3.01. The normalized spacial score (nSPS) is 20.7. The van der Waals surface area contributed by atoms with Crippen molar-refractivity contribution < 1.29 is 9.90 Å². The van der Waals surface area contributed by atoms with Crippen LogP contribution in [0.15, 0.2) is 71.7 Å². The first kappa shape index (κ1) is 19.4. The summed E-state index contributed by atoms with van der Waals surface area (Å²) in [6.07, 6.45) is 5.18. The highest BCUT2D eigenvalue weighted by atomic mass is 16.3. The molecule has 5 rings (SSSR count). The summed E-state index contributed by atoms with van der Waals surface area (Å²) < 4.78 is 1.70. The molecule has 3 aromatic rings. The first-order chi connectivity index (χ1) is 15.1. The number of rotatable bonds is 1. The van der Waals surface area contributed by atoms with Crippen LogP contribution in [-0.2, 0) is 6.42 Å². The highest BCUT2D eigenvalue weighted by Gasteiger charge is 2.42. The van der Waals surface area contributed by atoms with E-state index in [4.69, 9.17) is 0 Å². The summed E-state index contributed by atoms with van der Waals surface area (Å²) in [7, 11) is 1.76. The third kappa shape index (κ3) is 3.10. The van der Waals surface area contributed by atoms with E-state index in [0.717, 1.165) is 31.2 Å². The summed E-state index contributed by atoms with van der Waals surface area (Å²) >= 11 is 0. The van der Waals surface area contributed by atoms with Crippen LogP contribution in [0.25, 0.3) is 0 Å². The summed E-state index contributed by atoms with van der Waals surface area (Å²) in [4.78, 5) is 27.0. The van der Waals surface area contributed by atoms with Crippen molar-refractivity contribution in [1.29, 1.82) is 0 Å². The maximum absolute atomic E-state index is 13.2. The van der Waals surface area contributed by atoms with Crippen molar-refractivity contribution in [3.8, 4) is 5.75 Å². The van der Waals surface area contributed by atoms with Gasteiger partial charge < -0.3 is 10.0 Å². The number of carbonyl (C=O) groups is 1. The fraction of sp³-hybridized carbons (Fsp3) is 0.280. The van der Waals surface area contributed by atoms with Gasteiger partial charge in [0.05, 0.1) is 6.04 Å². The van der Waals surface area contributed by atoms with E-state index in [1.807, 2.05) is 24.3 Å². The fourth-order valence-electron chi connectivity index (χ4n) is 4.94. The average Bonchev–Trinajstić information content (AvgIpc) is 2.87. The number of benzene rings is 2. The number of aromatic nitrogens is 1. The molecule has 6 heteroatoms. The zero-order valence-electron chi connectivity index (χ0n) is 17.4. The average molecular weight is 415 g/mol. The van der Waals surface area contributed by atoms with E-state index in [9.17, 15) is 14.7 Å². The van der Waals surface area contributed by atoms with Gasteiger partial charge in [0.1, 0.15) is 6.17 Å². The second-order valence-corrected chi connectivity index (χ2v) is 8.26. The molecular formula is C25H25N3O3. The van der Waals surface area contributed by atoms with Gasteiger partial charge in [0.15, 0.2) is 11.4 Å². The molecule has 1 N–H and O–H groups in total. The highest BCUT2D eigenvalue weighted by Crippen LogP contribution is 2.38. The molecule has 2 atom stereocenters. The van der Waals surface area contributed by atoms with E-state index in [-0.39, 0.29) is 23.8 Å². The number of hydrogen-bond acceptors (Lipinski definition) is 4. The molecule has 0 saturated heterocycles. The molecule has 0 saturated carbocycles. The minimum absolute atomic E-state index is 0.0175. The van der Waals surface area contributed by atoms with E-state index in [2.05, 4.69) is 35.3 Å². The standard InChI is InChI=1S/C25H25N3O3/c1-26-21-14-8-6-10-17-9-5-7-13-19(17)22(18-11-3-2-4-12-18)28(21)27-16-15-20(29)24(30)23(27)25(26)31/h2-5,7,9,11-13,15-16,21-22,30H,6,8,10,14H2,1H3/t21-,22+/m0/s1. The van der Waals surface area contributed by atoms with Crippen molar-refractivity contribution in [2.75, 3.05) is 12.1 Å². The second kappa shape index (κ2) is 7.61. The Morgan fingerprint density at radius 1 is 0.935 bits per heavy atom. The molecule has 1 aromatic heterocycles. The third-order valence-electron chi connectivity index (χ3n) is 6.47. The zero-order valence-corrected chi connectivity index (χ0v) is 17.4. The van der Waals surface area contributed by atoms with Gasteiger partial charge in [-0.3, -0.25) is 19.3 Å². The Labute approximate surface area is 180 Å². The lowest BCUT2D eigenvalue weighted by Gasteiger charge is -2.49. The van der Waals surface area contributed by atoms with Gasteiger partial charge in [0, 0.05) is 19.3 Å². The van der Waals surface area contributed by atoms with Crippen LogP contribution in [0.1, 0.15) is 52.5 Å². The molecule has 0 aliphatic carbocycles. The predicted octanol–water partition coefficient (Wildman–Crippen LogP) is 3.42. The van der Waals surface area contributed by atoms with Gasteiger partial charge in [-0.25, -0.2) is 0 Å². The molecule has 2 aliphatic rings. The van der Waals surface area contributed by atoms with Crippen LogP contribution in [0.4, 0.5) is 0 Å². The molecular weight excluding hydrogens is 390 g/mol. The summed E-state index contributed by atoms with van der Waals surface area (Å²) in [6.45, 7) is 0. The smallest absolute Gasteiger partial charge is 0.277 e. The van der Waals surface area contributed by atoms with Gasteiger partial charge in [0.25, 0.3) is 5.91 Å². The van der Waals surface area contributed by atoms with Crippen LogP contribution in [0.3, 0.4) is 0 Å². The second-order valence-electron chi connectivity index (χ2n) is 8.26. The molecule has 1 amide bonds. The number of aryl methyl sites for hydroxylation is 1. The molecule has 0 fully saturated rings. The Hall–Kier alpha value is -3.54. The molecule has 6 nitrogen and oxygen atoms in total. The lowest BCUT2D eigenvalue weighted by atomic mass is 9.92. The number of nitrogens with zero attached hydrogens (tertiary/aromatic N) is 3. The van der Waals surface area contributed by atoms with Gasteiger partial charge >= 0.3 is 0 Å². The summed E-state index contributed by atoms with van der Waals surface area (Å²) in [6, 6.07) is 19.8. The Morgan fingerprint density at radius 2 is 1.68 bits per heavy atom. The van der Waals surface area contributed by atoms with E-state index in [1.54, 1.807) is 22.8 Å². The highest BCUT2D eigenvalue weighted by molar-refractivity contribution is 5.96. The quantitative estimate of drug-likeness (QED) is 0.661. The minimum atomic E-state index is -0.549. The number of pyridine rings is 1. The zero-order chi connectivity index (χ0) is 21.5. The predicted molar refractivity (Wildman–Crippen MR) is 119 cm³/mol.